The molecule has 3 N–H and O–H groups in total. The summed E-state index contributed by atoms with van der Waals surface area (Å²) in [4.78, 5) is 20.3. The molecule has 0 unspecified atom stereocenters. The number of carbonyl (C=O) groups excluding carboxylic acids is 1. The molecule has 8 nitrogen and oxygen atoms in total. The maximum atomic E-state index is 12.1. The smallest absolute Gasteiger partial charge is 0.270 e. The van der Waals surface area contributed by atoms with Gasteiger partial charge in [-0.2, -0.15) is 0 Å². The standard InChI is InChI=1S/C14H21N7O/c1-10(2)8-11-9-12(19-14(15)18-11)13(22)16-4-3-6-21-7-5-17-20-21/h5,7,9-10H,3-4,6,8H2,1-2H3,(H,16,22)(H2,15,18,19). The number of nitrogen functional groups attached to an aromatic ring is 1. The molecule has 1 amide bonds. The Labute approximate surface area is 129 Å². The highest BCUT2D eigenvalue weighted by molar-refractivity contribution is 5.92. The SMILES string of the molecule is CC(C)Cc1cc(C(=O)NCCCn2ccnn2)nc(N)n1. The Morgan fingerprint density at radius 2 is 2.23 bits per heavy atom. The minimum Gasteiger partial charge on any atom is -0.368 e. The lowest BCUT2D eigenvalue weighted by Crippen LogP contribution is -2.27. The van der Waals surface area contributed by atoms with Crippen LogP contribution in [-0.2, 0) is 13.0 Å². The normalized spacial score (nSPS) is 10.9. The summed E-state index contributed by atoms with van der Waals surface area (Å²) in [6.07, 6.45) is 4.93. The maximum Gasteiger partial charge on any atom is 0.270 e. The van der Waals surface area contributed by atoms with E-state index in [9.17, 15) is 4.79 Å². The minimum atomic E-state index is -0.238. The molecule has 8 heteroatoms. The van der Waals surface area contributed by atoms with Gasteiger partial charge < -0.3 is 11.1 Å². The molecule has 0 spiro atoms. The molecule has 0 fully saturated rings. The first-order valence-electron chi connectivity index (χ1n) is 7.30. The molecule has 0 aromatic carbocycles. The largest absolute Gasteiger partial charge is 0.368 e. The average molecular weight is 303 g/mol. The summed E-state index contributed by atoms with van der Waals surface area (Å²) in [5, 5.41) is 10.4. The van der Waals surface area contributed by atoms with Crippen molar-refractivity contribution in [3.8, 4) is 0 Å². The fraction of sp³-hybridized carbons (Fsp3) is 0.500. The van der Waals surface area contributed by atoms with Gasteiger partial charge in [0.2, 0.25) is 5.95 Å². The van der Waals surface area contributed by atoms with E-state index >= 15 is 0 Å². The van der Waals surface area contributed by atoms with E-state index in [1.807, 2.05) is 0 Å². The monoisotopic (exact) mass is 303 g/mol. The molecule has 0 saturated heterocycles. The number of nitrogens with zero attached hydrogens (tertiary/aromatic N) is 5. The molecule has 118 valence electrons. The summed E-state index contributed by atoms with van der Waals surface area (Å²) >= 11 is 0. The number of rotatable bonds is 7. The highest BCUT2D eigenvalue weighted by Gasteiger charge is 2.11. The van der Waals surface area contributed by atoms with Gasteiger partial charge in [-0.15, -0.1) is 5.10 Å². The molecule has 2 aromatic rings. The van der Waals surface area contributed by atoms with Gasteiger partial charge in [-0.3, -0.25) is 9.48 Å². The molecular weight excluding hydrogens is 282 g/mol. The molecule has 2 rings (SSSR count). The number of hydrogen-bond donors (Lipinski definition) is 2. The van der Waals surface area contributed by atoms with E-state index in [1.54, 1.807) is 23.1 Å². The fourth-order valence-corrected chi connectivity index (χ4v) is 2.04. The summed E-state index contributed by atoms with van der Waals surface area (Å²) in [6.45, 7) is 5.40. The zero-order valence-corrected chi connectivity index (χ0v) is 12.9. The Kier molecular flexibility index (Phi) is 5.40. The molecule has 2 heterocycles. The summed E-state index contributed by atoms with van der Waals surface area (Å²) < 4.78 is 1.72. The van der Waals surface area contributed by atoms with Crippen LogP contribution in [-0.4, -0.2) is 37.4 Å². The van der Waals surface area contributed by atoms with Crippen LogP contribution < -0.4 is 11.1 Å². The van der Waals surface area contributed by atoms with Crippen LogP contribution in [0.25, 0.3) is 0 Å². The van der Waals surface area contributed by atoms with E-state index in [0.29, 0.717) is 24.7 Å². The Balaban J connectivity index is 1.87. The predicted octanol–water partition coefficient (Wildman–Crippen LogP) is 0.669. The van der Waals surface area contributed by atoms with Crippen LogP contribution in [0, 0.1) is 5.92 Å². The Morgan fingerprint density at radius 1 is 1.41 bits per heavy atom. The van der Waals surface area contributed by atoms with Crippen LogP contribution in [0.1, 0.15) is 36.5 Å². The van der Waals surface area contributed by atoms with Crippen molar-refractivity contribution >= 4 is 11.9 Å². The highest BCUT2D eigenvalue weighted by atomic mass is 16.1. The molecule has 0 aliphatic heterocycles. The van der Waals surface area contributed by atoms with Crippen molar-refractivity contribution in [1.29, 1.82) is 0 Å². The molecular formula is C14H21N7O. The van der Waals surface area contributed by atoms with Gasteiger partial charge in [0.25, 0.3) is 5.91 Å². The van der Waals surface area contributed by atoms with E-state index < -0.39 is 0 Å². The van der Waals surface area contributed by atoms with E-state index in [-0.39, 0.29) is 11.9 Å². The third-order valence-corrected chi connectivity index (χ3v) is 2.97. The lowest BCUT2D eigenvalue weighted by Gasteiger charge is -2.08. The molecule has 22 heavy (non-hydrogen) atoms. The van der Waals surface area contributed by atoms with Crippen molar-refractivity contribution in [3.05, 3.63) is 29.8 Å². The second-order valence-corrected chi connectivity index (χ2v) is 5.48. The molecule has 2 aromatic heterocycles. The van der Waals surface area contributed by atoms with Crippen LogP contribution in [0.2, 0.25) is 0 Å². The third kappa shape index (κ3) is 4.80. The zero-order valence-electron chi connectivity index (χ0n) is 12.9. The second kappa shape index (κ2) is 7.48. The topological polar surface area (TPSA) is 112 Å². The molecule has 0 bridgehead atoms. The summed E-state index contributed by atoms with van der Waals surface area (Å²) in [5.74, 6) is 0.330. The van der Waals surface area contributed by atoms with Crippen molar-refractivity contribution in [2.45, 2.75) is 33.2 Å². The summed E-state index contributed by atoms with van der Waals surface area (Å²) in [7, 11) is 0. The van der Waals surface area contributed by atoms with Crippen LogP contribution >= 0.6 is 0 Å². The first kappa shape index (κ1) is 15.9. The van der Waals surface area contributed by atoms with Gasteiger partial charge in [-0.25, -0.2) is 9.97 Å². The quantitative estimate of drug-likeness (QED) is 0.727. The number of amides is 1. The van der Waals surface area contributed by atoms with Crippen LogP contribution in [0.5, 0.6) is 0 Å². The number of hydrogen-bond acceptors (Lipinski definition) is 6. The number of nitrogens with one attached hydrogen (secondary N) is 1. The summed E-state index contributed by atoms with van der Waals surface area (Å²) in [6, 6.07) is 1.70. The van der Waals surface area contributed by atoms with Gasteiger partial charge in [-0.05, 0) is 24.8 Å². The van der Waals surface area contributed by atoms with E-state index in [2.05, 4.69) is 39.4 Å². The van der Waals surface area contributed by atoms with Crippen LogP contribution in [0.3, 0.4) is 0 Å². The number of anilines is 1. The van der Waals surface area contributed by atoms with Crippen molar-refractivity contribution in [2.75, 3.05) is 12.3 Å². The fourth-order valence-electron chi connectivity index (χ4n) is 2.04. The lowest BCUT2D eigenvalue weighted by molar-refractivity contribution is 0.0947. The Bertz CT molecular complexity index is 610. The second-order valence-electron chi connectivity index (χ2n) is 5.48. The Hall–Kier alpha value is -2.51. The van der Waals surface area contributed by atoms with Gasteiger partial charge in [0.05, 0.1) is 6.20 Å². The predicted molar refractivity (Wildman–Crippen MR) is 82.0 cm³/mol. The maximum absolute atomic E-state index is 12.1. The van der Waals surface area contributed by atoms with Crippen molar-refractivity contribution in [2.24, 2.45) is 5.92 Å². The Morgan fingerprint density at radius 3 is 2.91 bits per heavy atom. The molecule has 0 radical (unpaired) electrons. The van der Waals surface area contributed by atoms with Crippen LogP contribution in [0.15, 0.2) is 18.5 Å². The minimum absolute atomic E-state index is 0.130. The molecule has 0 aliphatic carbocycles. The molecule has 0 atom stereocenters. The average Bonchev–Trinajstić information content (AvgIpc) is 2.95. The first-order valence-corrected chi connectivity index (χ1v) is 7.30. The van der Waals surface area contributed by atoms with Crippen molar-refractivity contribution in [1.82, 2.24) is 30.3 Å². The van der Waals surface area contributed by atoms with E-state index in [0.717, 1.165) is 18.5 Å². The number of aromatic nitrogens is 5. The van der Waals surface area contributed by atoms with E-state index in [1.165, 1.54) is 0 Å². The van der Waals surface area contributed by atoms with E-state index in [4.69, 9.17) is 5.73 Å². The highest BCUT2D eigenvalue weighted by Crippen LogP contribution is 2.08. The van der Waals surface area contributed by atoms with Gasteiger partial charge >= 0.3 is 0 Å². The first-order chi connectivity index (χ1) is 10.5. The third-order valence-electron chi connectivity index (χ3n) is 2.97. The number of carbonyl (C=O) groups is 1. The molecule has 0 aliphatic rings. The van der Waals surface area contributed by atoms with Gasteiger partial charge in [0, 0.05) is 25.0 Å². The van der Waals surface area contributed by atoms with Crippen molar-refractivity contribution < 1.29 is 4.79 Å². The zero-order chi connectivity index (χ0) is 15.9. The van der Waals surface area contributed by atoms with Gasteiger partial charge in [0.1, 0.15) is 5.69 Å². The van der Waals surface area contributed by atoms with Crippen LogP contribution in [0.4, 0.5) is 5.95 Å². The van der Waals surface area contributed by atoms with Gasteiger partial charge in [0.15, 0.2) is 0 Å². The number of aryl methyl sites for hydroxylation is 1. The number of nitrogens with two attached hydrogens (primary N) is 1. The van der Waals surface area contributed by atoms with Gasteiger partial charge in [-0.1, -0.05) is 19.1 Å². The van der Waals surface area contributed by atoms with Crippen molar-refractivity contribution in [3.63, 3.8) is 0 Å². The summed E-state index contributed by atoms with van der Waals surface area (Å²) in [5.41, 5.74) is 6.77. The molecule has 0 saturated carbocycles. The lowest BCUT2D eigenvalue weighted by atomic mass is 10.1.